The Morgan fingerprint density at radius 2 is 1.84 bits per heavy atom. The molecule has 0 amide bonds. The van der Waals surface area contributed by atoms with Crippen molar-refractivity contribution in [2.45, 2.75) is 0 Å². The Kier molecular flexibility index (Phi) is 2.95. The van der Waals surface area contributed by atoms with Gasteiger partial charge in [0, 0.05) is 32.7 Å². The molecule has 0 radical (unpaired) electrons. The summed E-state index contributed by atoms with van der Waals surface area (Å²) in [5.74, 6) is -0.465. The van der Waals surface area contributed by atoms with Crippen LogP contribution in [0.4, 0.5) is 4.39 Å². The molecule has 0 aliphatic rings. The number of benzene rings is 2. The molecule has 4 heteroatoms. The minimum Gasteiger partial charge on any atom is -0.360 e. The summed E-state index contributed by atoms with van der Waals surface area (Å²) in [4.78, 5) is 15.4. The fraction of sp³-hybridized carbons (Fsp3) is 0. The van der Waals surface area contributed by atoms with E-state index in [9.17, 15) is 9.18 Å². The van der Waals surface area contributed by atoms with Crippen LogP contribution in [0.3, 0.4) is 0 Å². The number of carbonyl (C=O) groups excluding carboxylic acids is 1. The number of nitrogens with one attached hydrogen (secondary N) is 1. The lowest BCUT2D eigenvalue weighted by Gasteiger charge is -2.00. The summed E-state index contributed by atoms with van der Waals surface area (Å²) in [6, 6.07) is 11.3. The van der Waals surface area contributed by atoms with Crippen molar-refractivity contribution in [3.63, 3.8) is 0 Å². The zero-order valence-electron chi connectivity index (χ0n) is 9.78. The van der Waals surface area contributed by atoms with Gasteiger partial charge in [-0.1, -0.05) is 22.0 Å². The molecule has 0 spiro atoms. The van der Waals surface area contributed by atoms with Crippen molar-refractivity contribution in [2.24, 2.45) is 0 Å². The van der Waals surface area contributed by atoms with Gasteiger partial charge in [-0.05, 0) is 36.4 Å². The lowest BCUT2D eigenvalue weighted by Crippen LogP contribution is -2.00. The van der Waals surface area contributed by atoms with E-state index in [2.05, 4.69) is 20.9 Å². The van der Waals surface area contributed by atoms with Gasteiger partial charge in [-0.3, -0.25) is 4.79 Å². The van der Waals surface area contributed by atoms with Crippen LogP contribution in [0.2, 0.25) is 0 Å². The Balaban J connectivity index is 2.09. The molecule has 0 atom stereocenters. The van der Waals surface area contributed by atoms with Gasteiger partial charge >= 0.3 is 0 Å². The molecule has 2 nitrogen and oxygen atoms in total. The number of aromatic nitrogens is 1. The van der Waals surface area contributed by atoms with Crippen molar-refractivity contribution in [3.8, 4) is 0 Å². The van der Waals surface area contributed by atoms with Gasteiger partial charge in [-0.15, -0.1) is 0 Å². The van der Waals surface area contributed by atoms with E-state index in [4.69, 9.17) is 0 Å². The fourth-order valence-electron chi connectivity index (χ4n) is 2.04. The molecule has 3 rings (SSSR count). The first-order chi connectivity index (χ1) is 9.15. The summed E-state index contributed by atoms with van der Waals surface area (Å²) < 4.78 is 13.8. The van der Waals surface area contributed by atoms with Gasteiger partial charge in [-0.25, -0.2) is 4.39 Å². The number of hydrogen-bond acceptors (Lipinski definition) is 1. The maximum Gasteiger partial charge on any atom is 0.195 e. The van der Waals surface area contributed by atoms with Gasteiger partial charge in [-0.2, -0.15) is 0 Å². The molecule has 0 fully saturated rings. The Morgan fingerprint density at radius 1 is 1.11 bits per heavy atom. The zero-order chi connectivity index (χ0) is 13.4. The molecule has 94 valence electrons. The molecule has 19 heavy (non-hydrogen) atoms. The number of carbonyl (C=O) groups is 1. The average Bonchev–Trinajstić information content (AvgIpc) is 2.81. The van der Waals surface area contributed by atoms with Gasteiger partial charge < -0.3 is 4.98 Å². The summed E-state index contributed by atoms with van der Waals surface area (Å²) in [5.41, 5.74) is 1.96. The molecular weight excluding hydrogens is 309 g/mol. The molecule has 0 saturated carbocycles. The van der Waals surface area contributed by atoms with Gasteiger partial charge in [0.15, 0.2) is 5.78 Å². The van der Waals surface area contributed by atoms with Crippen molar-refractivity contribution < 1.29 is 9.18 Å². The van der Waals surface area contributed by atoms with E-state index in [1.165, 1.54) is 24.3 Å². The molecular formula is C15H9BrFNO. The number of aromatic amines is 1. The van der Waals surface area contributed by atoms with E-state index >= 15 is 0 Å². The van der Waals surface area contributed by atoms with E-state index in [0.29, 0.717) is 11.1 Å². The summed E-state index contributed by atoms with van der Waals surface area (Å²) in [5, 5.41) is 0.859. The number of halogens is 2. The molecule has 0 bridgehead atoms. The molecule has 1 N–H and O–H groups in total. The molecule has 0 saturated heterocycles. The van der Waals surface area contributed by atoms with Crippen LogP contribution < -0.4 is 0 Å². The van der Waals surface area contributed by atoms with E-state index in [-0.39, 0.29) is 11.6 Å². The summed E-state index contributed by atoms with van der Waals surface area (Å²) in [6.45, 7) is 0. The third kappa shape index (κ3) is 2.19. The number of ketones is 1. The minimum absolute atomic E-state index is 0.117. The molecule has 1 aromatic heterocycles. The molecule has 2 aromatic carbocycles. The van der Waals surface area contributed by atoms with Crippen LogP contribution in [0.5, 0.6) is 0 Å². The predicted octanol–water partition coefficient (Wildman–Crippen LogP) is 4.30. The Bertz CT molecular complexity index is 761. The fourth-order valence-corrected chi connectivity index (χ4v) is 2.40. The Morgan fingerprint density at radius 3 is 2.58 bits per heavy atom. The van der Waals surface area contributed by atoms with E-state index in [0.717, 1.165) is 15.4 Å². The second kappa shape index (κ2) is 4.63. The van der Waals surface area contributed by atoms with Crippen LogP contribution in [0.25, 0.3) is 10.9 Å². The van der Waals surface area contributed by atoms with Crippen LogP contribution in [0.1, 0.15) is 15.9 Å². The summed E-state index contributed by atoms with van der Waals surface area (Å²) >= 11 is 3.38. The highest BCUT2D eigenvalue weighted by Crippen LogP contribution is 2.24. The topological polar surface area (TPSA) is 32.9 Å². The first kappa shape index (κ1) is 12.1. The quantitative estimate of drug-likeness (QED) is 0.702. The smallest absolute Gasteiger partial charge is 0.195 e. The van der Waals surface area contributed by atoms with E-state index in [1.54, 1.807) is 6.20 Å². The SMILES string of the molecule is O=C(c1ccc(F)cc1)c1c[nH]c2cc(Br)ccc12. The normalized spacial score (nSPS) is 10.8. The van der Waals surface area contributed by atoms with Crippen LogP contribution in [-0.2, 0) is 0 Å². The average molecular weight is 318 g/mol. The van der Waals surface area contributed by atoms with Crippen LogP contribution in [-0.4, -0.2) is 10.8 Å². The maximum atomic E-state index is 12.9. The highest BCUT2D eigenvalue weighted by atomic mass is 79.9. The minimum atomic E-state index is -0.348. The lowest BCUT2D eigenvalue weighted by atomic mass is 10.0. The van der Waals surface area contributed by atoms with E-state index in [1.807, 2.05) is 18.2 Å². The molecule has 0 aliphatic carbocycles. The van der Waals surface area contributed by atoms with Crippen molar-refractivity contribution in [2.75, 3.05) is 0 Å². The summed E-state index contributed by atoms with van der Waals surface area (Å²) in [6.07, 6.45) is 1.68. The van der Waals surface area contributed by atoms with Gasteiger partial charge in [0.25, 0.3) is 0 Å². The Labute approximate surface area is 117 Å². The number of fused-ring (bicyclic) bond motifs is 1. The van der Waals surface area contributed by atoms with Crippen molar-refractivity contribution in [1.29, 1.82) is 0 Å². The van der Waals surface area contributed by atoms with Crippen LogP contribution >= 0.6 is 15.9 Å². The van der Waals surface area contributed by atoms with E-state index < -0.39 is 0 Å². The first-order valence-electron chi connectivity index (χ1n) is 5.72. The molecule has 0 unspecified atom stereocenters. The monoisotopic (exact) mass is 317 g/mol. The van der Waals surface area contributed by atoms with Gasteiger partial charge in [0.2, 0.25) is 0 Å². The second-order valence-corrected chi connectivity index (χ2v) is 5.14. The number of hydrogen-bond donors (Lipinski definition) is 1. The molecule has 0 aliphatic heterocycles. The first-order valence-corrected chi connectivity index (χ1v) is 6.51. The Hall–Kier alpha value is -1.94. The number of rotatable bonds is 2. The number of H-pyrrole nitrogens is 1. The second-order valence-electron chi connectivity index (χ2n) is 4.23. The van der Waals surface area contributed by atoms with Crippen molar-refractivity contribution in [1.82, 2.24) is 4.98 Å². The lowest BCUT2D eigenvalue weighted by molar-refractivity contribution is 0.104. The predicted molar refractivity (Wildman–Crippen MR) is 75.8 cm³/mol. The molecule has 3 aromatic rings. The van der Waals surface area contributed by atoms with Crippen LogP contribution in [0.15, 0.2) is 53.1 Å². The zero-order valence-corrected chi connectivity index (χ0v) is 11.4. The van der Waals surface area contributed by atoms with Gasteiger partial charge in [0.05, 0.1) is 0 Å². The largest absolute Gasteiger partial charge is 0.360 e. The maximum absolute atomic E-state index is 12.9. The van der Waals surface area contributed by atoms with Crippen molar-refractivity contribution in [3.05, 3.63) is 70.1 Å². The van der Waals surface area contributed by atoms with Crippen LogP contribution in [0, 0.1) is 5.82 Å². The third-order valence-electron chi connectivity index (χ3n) is 2.99. The summed E-state index contributed by atoms with van der Waals surface area (Å²) in [7, 11) is 0. The third-order valence-corrected chi connectivity index (χ3v) is 3.49. The molecule has 1 heterocycles. The van der Waals surface area contributed by atoms with Gasteiger partial charge in [0.1, 0.15) is 5.82 Å². The van der Waals surface area contributed by atoms with Crippen molar-refractivity contribution >= 4 is 32.6 Å². The highest BCUT2D eigenvalue weighted by Gasteiger charge is 2.14. The highest BCUT2D eigenvalue weighted by molar-refractivity contribution is 9.10. The standard InChI is InChI=1S/C15H9BrFNO/c16-10-3-6-12-13(8-18-14(12)7-10)15(19)9-1-4-11(17)5-2-9/h1-8,18H.